The second-order valence-electron chi connectivity index (χ2n) is 5.20. The third-order valence-electron chi connectivity index (χ3n) is 3.38. The van der Waals surface area contributed by atoms with Crippen LogP contribution in [0, 0.1) is 0 Å². The third kappa shape index (κ3) is 3.71. The highest BCUT2D eigenvalue weighted by atomic mass is 16.4. The van der Waals surface area contributed by atoms with Crippen LogP contribution in [0.5, 0.6) is 0 Å². The van der Waals surface area contributed by atoms with E-state index in [9.17, 15) is 14.7 Å². The molecule has 0 bridgehead atoms. The van der Waals surface area contributed by atoms with Crippen LogP contribution < -0.4 is 10.6 Å². The van der Waals surface area contributed by atoms with Gasteiger partial charge in [0.05, 0.1) is 5.92 Å². The van der Waals surface area contributed by atoms with Gasteiger partial charge >= 0.3 is 12.0 Å². The lowest BCUT2D eigenvalue weighted by Crippen LogP contribution is -2.44. The van der Waals surface area contributed by atoms with Crippen LogP contribution >= 0.6 is 0 Å². The highest BCUT2D eigenvalue weighted by Gasteiger charge is 2.38. The number of carbonyl (C=O) groups excluding carboxylic acids is 1. The molecule has 0 aromatic heterocycles. The standard InChI is InChI=1S/C14H18N2O3/c1-14(7-8-14)16-13(19)15-9-11(12(17)18)10-5-3-2-4-6-10/h2-6,11H,7-9H2,1H3,(H,17,18)(H2,15,16,19). The Bertz CT molecular complexity index is 469. The van der Waals surface area contributed by atoms with Gasteiger partial charge in [-0.1, -0.05) is 30.3 Å². The SMILES string of the molecule is CC1(NC(=O)NCC(C(=O)O)c2ccccc2)CC1. The summed E-state index contributed by atoms with van der Waals surface area (Å²) in [4.78, 5) is 22.9. The molecule has 0 spiro atoms. The first-order valence-electron chi connectivity index (χ1n) is 6.34. The number of benzene rings is 1. The molecule has 1 aliphatic carbocycles. The highest BCUT2D eigenvalue weighted by Crippen LogP contribution is 2.34. The van der Waals surface area contributed by atoms with Gasteiger partial charge in [0.2, 0.25) is 0 Å². The van der Waals surface area contributed by atoms with E-state index in [0.29, 0.717) is 5.56 Å². The van der Waals surface area contributed by atoms with Crippen LogP contribution in [-0.4, -0.2) is 29.2 Å². The number of carbonyl (C=O) groups is 2. The molecule has 1 unspecified atom stereocenters. The number of aliphatic carboxylic acids is 1. The van der Waals surface area contributed by atoms with Crippen molar-refractivity contribution in [3.63, 3.8) is 0 Å². The molecule has 0 saturated heterocycles. The normalized spacial score (nSPS) is 17.3. The van der Waals surface area contributed by atoms with Crippen molar-refractivity contribution in [1.82, 2.24) is 10.6 Å². The summed E-state index contributed by atoms with van der Waals surface area (Å²) in [6.07, 6.45) is 1.95. The van der Waals surface area contributed by atoms with E-state index in [1.165, 1.54) is 0 Å². The Morgan fingerprint density at radius 3 is 2.47 bits per heavy atom. The van der Waals surface area contributed by atoms with Gasteiger partial charge in [-0.3, -0.25) is 4.79 Å². The van der Waals surface area contributed by atoms with Gasteiger partial charge in [0, 0.05) is 12.1 Å². The second-order valence-corrected chi connectivity index (χ2v) is 5.20. The molecule has 1 aromatic carbocycles. The summed E-state index contributed by atoms with van der Waals surface area (Å²) in [5, 5.41) is 14.7. The lowest BCUT2D eigenvalue weighted by Gasteiger charge is -2.16. The molecular formula is C14H18N2O3. The molecule has 3 N–H and O–H groups in total. The van der Waals surface area contributed by atoms with E-state index in [1.807, 2.05) is 13.0 Å². The van der Waals surface area contributed by atoms with Gasteiger partial charge in [0.15, 0.2) is 0 Å². The molecule has 0 aliphatic heterocycles. The molecule has 1 aromatic rings. The number of amides is 2. The first-order chi connectivity index (χ1) is 9.00. The molecule has 2 rings (SSSR count). The zero-order chi connectivity index (χ0) is 13.9. The van der Waals surface area contributed by atoms with Crippen LogP contribution in [-0.2, 0) is 4.79 Å². The minimum atomic E-state index is -0.941. The largest absolute Gasteiger partial charge is 0.481 e. The summed E-state index contributed by atoms with van der Waals surface area (Å²) < 4.78 is 0. The number of urea groups is 1. The molecule has 5 nitrogen and oxygen atoms in total. The van der Waals surface area contributed by atoms with E-state index in [1.54, 1.807) is 24.3 Å². The zero-order valence-electron chi connectivity index (χ0n) is 10.8. The van der Waals surface area contributed by atoms with Crippen molar-refractivity contribution in [3.05, 3.63) is 35.9 Å². The number of hydrogen-bond donors (Lipinski definition) is 3. The van der Waals surface area contributed by atoms with E-state index < -0.39 is 11.9 Å². The number of rotatable bonds is 5. The van der Waals surface area contributed by atoms with Crippen molar-refractivity contribution in [2.75, 3.05) is 6.54 Å². The van der Waals surface area contributed by atoms with Crippen LogP contribution in [0.2, 0.25) is 0 Å². The van der Waals surface area contributed by atoms with Crippen molar-refractivity contribution in [2.45, 2.75) is 31.2 Å². The monoisotopic (exact) mass is 262 g/mol. The van der Waals surface area contributed by atoms with Gasteiger partial charge in [-0.25, -0.2) is 4.79 Å². The molecule has 0 heterocycles. The molecule has 1 atom stereocenters. The predicted octanol–water partition coefficient (Wildman–Crippen LogP) is 1.71. The molecule has 5 heteroatoms. The van der Waals surface area contributed by atoms with Gasteiger partial charge in [-0.15, -0.1) is 0 Å². The Labute approximate surface area is 112 Å². The van der Waals surface area contributed by atoms with Gasteiger partial charge in [0.25, 0.3) is 0 Å². The minimum absolute atomic E-state index is 0.0846. The topological polar surface area (TPSA) is 78.4 Å². The van der Waals surface area contributed by atoms with Crippen molar-refractivity contribution in [3.8, 4) is 0 Å². The lowest BCUT2D eigenvalue weighted by atomic mass is 9.99. The Balaban J connectivity index is 1.91. The maximum absolute atomic E-state index is 11.6. The molecule has 0 radical (unpaired) electrons. The highest BCUT2D eigenvalue weighted by molar-refractivity contribution is 5.79. The van der Waals surface area contributed by atoms with Crippen molar-refractivity contribution in [2.24, 2.45) is 0 Å². The summed E-state index contributed by atoms with van der Waals surface area (Å²) in [6.45, 7) is 2.06. The molecule has 2 amide bonds. The Morgan fingerprint density at radius 1 is 1.32 bits per heavy atom. The van der Waals surface area contributed by atoms with Crippen LogP contribution in [0.1, 0.15) is 31.2 Å². The third-order valence-corrected chi connectivity index (χ3v) is 3.38. The van der Waals surface area contributed by atoms with E-state index in [-0.39, 0.29) is 18.1 Å². The average Bonchev–Trinajstić information content (AvgIpc) is 3.07. The summed E-state index contributed by atoms with van der Waals surface area (Å²) >= 11 is 0. The quantitative estimate of drug-likeness (QED) is 0.755. The minimum Gasteiger partial charge on any atom is -0.481 e. The Kier molecular flexibility index (Phi) is 3.74. The number of carboxylic acid groups (broad SMARTS) is 1. The van der Waals surface area contributed by atoms with E-state index in [0.717, 1.165) is 12.8 Å². The first kappa shape index (κ1) is 13.4. The summed E-state index contributed by atoms with van der Waals surface area (Å²) in [5.74, 6) is -1.66. The molecular weight excluding hydrogens is 244 g/mol. The summed E-state index contributed by atoms with van der Waals surface area (Å²) in [6, 6.07) is 8.60. The van der Waals surface area contributed by atoms with Gasteiger partial charge in [0.1, 0.15) is 0 Å². The number of carboxylic acids is 1. The molecule has 102 valence electrons. The predicted molar refractivity (Wildman–Crippen MR) is 71.0 cm³/mol. The molecule has 1 fully saturated rings. The fraction of sp³-hybridized carbons (Fsp3) is 0.429. The lowest BCUT2D eigenvalue weighted by molar-refractivity contribution is -0.138. The van der Waals surface area contributed by atoms with E-state index >= 15 is 0 Å². The first-order valence-corrected chi connectivity index (χ1v) is 6.34. The van der Waals surface area contributed by atoms with E-state index in [4.69, 9.17) is 0 Å². The van der Waals surface area contributed by atoms with Crippen molar-refractivity contribution in [1.29, 1.82) is 0 Å². The zero-order valence-corrected chi connectivity index (χ0v) is 10.8. The van der Waals surface area contributed by atoms with Crippen LogP contribution in [0.25, 0.3) is 0 Å². The number of hydrogen-bond acceptors (Lipinski definition) is 2. The maximum Gasteiger partial charge on any atom is 0.315 e. The molecule has 1 saturated carbocycles. The smallest absolute Gasteiger partial charge is 0.315 e. The average molecular weight is 262 g/mol. The van der Waals surface area contributed by atoms with E-state index in [2.05, 4.69) is 10.6 Å². The van der Waals surface area contributed by atoms with Crippen molar-refractivity contribution < 1.29 is 14.7 Å². The maximum atomic E-state index is 11.6. The Morgan fingerprint density at radius 2 is 1.95 bits per heavy atom. The summed E-state index contributed by atoms with van der Waals surface area (Å²) in [7, 11) is 0. The summed E-state index contributed by atoms with van der Waals surface area (Å²) in [5.41, 5.74) is 0.586. The number of nitrogens with one attached hydrogen (secondary N) is 2. The van der Waals surface area contributed by atoms with Gasteiger partial charge in [-0.2, -0.15) is 0 Å². The second kappa shape index (κ2) is 5.30. The van der Waals surface area contributed by atoms with Crippen molar-refractivity contribution >= 4 is 12.0 Å². The van der Waals surface area contributed by atoms with Gasteiger partial charge < -0.3 is 15.7 Å². The Hall–Kier alpha value is -2.04. The fourth-order valence-corrected chi connectivity index (χ4v) is 1.86. The van der Waals surface area contributed by atoms with Crippen LogP contribution in [0.4, 0.5) is 4.79 Å². The van der Waals surface area contributed by atoms with Gasteiger partial charge in [-0.05, 0) is 25.3 Å². The molecule has 19 heavy (non-hydrogen) atoms. The van der Waals surface area contributed by atoms with Crippen LogP contribution in [0.3, 0.4) is 0 Å². The molecule has 1 aliphatic rings. The van der Waals surface area contributed by atoms with Crippen LogP contribution in [0.15, 0.2) is 30.3 Å². The fourth-order valence-electron chi connectivity index (χ4n) is 1.86.